The molecule has 0 bridgehead atoms. The molecule has 1 fully saturated rings. The van der Waals surface area contributed by atoms with Crippen molar-refractivity contribution >= 4 is 0 Å². The van der Waals surface area contributed by atoms with Crippen LogP contribution in [0, 0.1) is 0 Å². The van der Waals surface area contributed by atoms with Crippen molar-refractivity contribution in [2.75, 3.05) is 6.61 Å². The summed E-state index contributed by atoms with van der Waals surface area (Å²) in [5, 5.41) is 0. The Morgan fingerprint density at radius 1 is 0.520 bits per heavy atom. The van der Waals surface area contributed by atoms with Crippen LogP contribution >= 0.6 is 0 Å². The van der Waals surface area contributed by atoms with Gasteiger partial charge >= 0.3 is 0 Å². The molecular weight excluding hydrogens is 304 g/mol. The predicted octanol–water partition coefficient (Wildman–Crippen LogP) is 8.60. The molecule has 150 valence electrons. The summed E-state index contributed by atoms with van der Waals surface area (Å²) in [4.78, 5) is 0. The molecule has 1 aliphatic rings. The highest BCUT2D eigenvalue weighted by Gasteiger charge is 2.12. The van der Waals surface area contributed by atoms with Gasteiger partial charge in [0, 0.05) is 6.61 Å². The first kappa shape index (κ1) is 23.0. The summed E-state index contributed by atoms with van der Waals surface area (Å²) in [6.07, 6.45) is 30.5. The molecular formula is C24H48O. The zero-order chi connectivity index (χ0) is 17.8. The monoisotopic (exact) mass is 352 g/mol. The highest BCUT2D eigenvalue weighted by Crippen LogP contribution is 2.20. The normalized spacial score (nSPS) is 15.7. The summed E-state index contributed by atoms with van der Waals surface area (Å²) < 4.78 is 6.00. The quantitative estimate of drug-likeness (QED) is 0.224. The molecule has 0 aromatic rings. The van der Waals surface area contributed by atoms with E-state index >= 15 is 0 Å². The minimum atomic E-state index is 0.602. The number of hydrogen-bond acceptors (Lipinski definition) is 1. The van der Waals surface area contributed by atoms with Gasteiger partial charge in [0.1, 0.15) is 0 Å². The van der Waals surface area contributed by atoms with Crippen molar-refractivity contribution in [1.82, 2.24) is 0 Å². The summed E-state index contributed by atoms with van der Waals surface area (Å²) in [7, 11) is 0. The van der Waals surface area contributed by atoms with Crippen molar-refractivity contribution in [3.63, 3.8) is 0 Å². The fraction of sp³-hybridized carbons (Fsp3) is 1.00. The second kappa shape index (κ2) is 18.7. The topological polar surface area (TPSA) is 9.23 Å². The van der Waals surface area contributed by atoms with Crippen LogP contribution in [0.5, 0.6) is 0 Å². The summed E-state index contributed by atoms with van der Waals surface area (Å²) in [5.41, 5.74) is 0. The Kier molecular flexibility index (Phi) is 17.2. The Morgan fingerprint density at radius 3 is 1.36 bits per heavy atom. The number of ether oxygens (including phenoxy) is 1. The van der Waals surface area contributed by atoms with Crippen LogP contribution < -0.4 is 0 Å². The summed E-state index contributed by atoms with van der Waals surface area (Å²) in [6, 6.07) is 0. The van der Waals surface area contributed by atoms with E-state index < -0.39 is 0 Å². The van der Waals surface area contributed by atoms with Crippen LogP contribution in [0.15, 0.2) is 0 Å². The van der Waals surface area contributed by atoms with Gasteiger partial charge in [-0.15, -0.1) is 0 Å². The first-order chi connectivity index (χ1) is 12.4. The van der Waals surface area contributed by atoms with E-state index in [2.05, 4.69) is 6.92 Å². The van der Waals surface area contributed by atoms with Gasteiger partial charge in [0.05, 0.1) is 6.10 Å². The molecule has 0 aromatic heterocycles. The van der Waals surface area contributed by atoms with E-state index in [-0.39, 0.29) is 0 Å². The van der Waals surface area contributed by atoms with Gasteiger partial charge in [0.25, 0.3) is 0 Å². The van der Waals surface area contributed by atoms with Crippen molar-refractivity contribution in [3.05, 3.63) is 0 Å². The third kappa shape index (κ3) is 15.9. The van der Waals surface area contributed by atoms with Gasteiger partial charge in [-0.2, -0.15) is 0 Å². The zero-order valence-electron chi connectivity index (χ0n) is 17.5. The summed E-state index contributed by atoms with van der Waals surface area (Å²) >= 11 is 0. The van der Waals surface area contributed by atoms with Crippen LogP contribution in [0.25, 0.3) is 0 Å². The van der Waals surface area contributed by atoms with E-state index in [0.29, 0.717) is 6.10 Å². The largest absolute Gasteiger partial charge is 0.378 e. The maximum atomic E-state index is 6.00. The average Bonchev–Trinajstić information content (AvgIpc) is 2.65. The van der Waals surface area contributed by atoms with E-state index in [1.165, 1.54) is 135 Å². The minimum Gasteiger partial charge on any atom is -0.378 e. The SMILES string of the molecule is CCCCCCCCCCCCCCCCCCOC1CCCCC1. The molecule has 0 heterocycles. The first-order valence-electron chi connectivity index (χ1n) is 12.0. The standard InChI is InChI=1S/C24H48O/c1-2-3-4-5-6-7-8-9-10-11-12-13-14-15-16-20-23-25-24-21-18-17-19-22-24/h24H,2-23H2,1H3. The fourth-order valence-corrected chi connectivity index (χ4v) is 4.13. The van der Waals surface area contributed by atoms with Gasteiger partial charge < -0.3 is 4.74 Å². The first-order valence-corrected chi connectivity index (χ1v) is 12.0. The van der Waals surface area contributed by atoms with Gasteiger partial charge in [0.2, 0.25) is 0 Å². The Balaban J connectivity index is 1.65. The van der Waals surface area contributed by atoms with E-state index in [1.54, 1.807) is 0 Å². The lowest BCUT2D eigenvalue weighted by Crippen LogP contribution is -2.17. The van der Waals surface area contributed by atoms with Crippen LogP contribution in [0.1, 0.15) is 142 Å². The van der Waals surface area contributed by atoms with Crippen LogP contribution in [0.3, 0.4) is 0 Å². The minimum absolute atomic E-state index is 0.602. The predicted molar refractivity (Wildman–Crippen MR) is 112 cm³/mol. The van der Waals surface area contributed by atoms with Crippen LogP contribution in [-0.2, 0) is 4.74 Å². The van der Waals surface area contributed by atoms with Crippen LogP contribution in [0.2, 0.25) is 0 Å². The Bertz CT molecular complexity index is 244. The van der Waals surface area contributed by atoms with E-state index in [9.17, 15) is 0 Å². The van der Waals surface area contributed by atoms with Gasteiger partial charge in [-0.1, -0.05) is 122 Å². The summed E-state index contributed by atoms with van der Waals surface area (Å²) in [5.74, 6) is 0. The molecule has 0 spiro atoms. The lowest BCUT2D eigenvalue weighted by atomic mass is 9.98. The molecule has 1 aliphatic carbocycles. The average molecular weight is 353 g/mol. The van der Waals surface area contributed by atoms with Gasteiger partial charge in [-0.25, -0.2) is 0 Å². The molecule has 0 aliphatic heterocycles. The molecule has 0 unspecified atom stereocenters. The molecule has 1 rings (SSSR count). The molecule has 25 heavy (non-hydrogen) atoms. The summed E-state index contributed by atoms with van der Waals surface area (Å²) in [6.45, 7) is 3.32. The highest BCUT2D eigenvalue weighted by molar-refractivity contribution is 4.64. The molecule has 0 radical (unpaired) electrons. The Morgan fingerprint density at radius 2 is 0.920 bits per heavy atom. The molecule has 0 amide bonds. The smallest absolute Gasteiger partial charge is 0.0575 e. The number of hydrogen-bond donors (Lipinski definition) is 0. The van der Waals surface area contributed by atoms with E-state index in [0.717, 1.165) is 6.61 Å². The maximum absolute atomic E-state index is 6.00. The molecule has 1 saturated carbocycles. The number of unbranched alkanes of at least 4 members (excludes halogenated alkanes) is 15. The molecule has 1 heteroatoms. The zero-order valence-corrected chi connectivity index (χ0v) is 17.5. The van der Waals surface area contributed by atoms with Crippen LogP contribution in [-0.4, -0.2) is 12.7 Å². The molecule has 0 saturated heterocycles. The van der Waals surface area contributed by atoms with Crippen molar-refractivity contribution in [1.29, 1.82) is 0 Å². The van der Waals surface area contributed by atoms with Crippen molar-refractivity contribution in [2.24, 2.45) is 0 Å². The molecule has 0 N–H and O–H groups in total. The molecule has 0 atom stereocenters. The van der Waals surface area contributed by atoms with E-state index in [4.69, 9.17) is 4.74 Å². The lowest BCUT2D eigenvalue weighted by molar-refractivity contribution is 0.0263. The highest BCUT2D eigenvalue weighted by atomic mass is 16.5. The second-order valence-corrected chi connectivity index (χ2v) is 8.43. The maximum Gasteiger partial charge on any atom is 0.0575 e. The number of rotatable bonds is 18. The van der Waals surface area contributed by atoms with Gasteiger partial charge in [0.15, 0.2) is 0 Å². The lowest BCUT2D eigenvalue weighted by Gasteiger charge is -2.21. The van der Waals surface area contributed by atoms with Crippen molar-refractivity contribution < 1.29 is 4.74 Å². The van der Waals surface area contributed by atoms with Crippen molar-refractivity contribution in [3.8, 4) is 0 Å². The van der Waals surface area contributed by atoms with Crippen LogP contribution in [0.4, 0.5) is 0 Å². The Hall–Kier alpha value is -0.0400. The Labute approximate surface area is 159 Å². The van der Waals surface area contributed by atoms with Gasteiger partial charge in [-0.3, -0.25) is 0 Å². The van der Waals surface area contributed by atoms with Crippen molar-refractivity contribution in [2.45, 2.75) is 148 Å². The fourth-order valence-electron chi connectivity index (χ4n) is 4.13. The third-order valence-electron chi connectivity index (χ3n) is 5.90. The third-order valence-corrected chi connectivity index (χ3v) is 5.90. The molecule has 1 nitrogen and oxygen atoms in total. The molecule has 0 aromatic carbocycles. The van der Waals surface area contributed by atoms with Gasteiger partial charge in [-0.05, 0) is 19.3 Å². The van der Waals surface area contributed by atoms with E-state index in [1.807, 2.05) is 0 Å². The second-order valence-electron chi connectivity index (χ2n) is 8.43.